The van der Waals surface area contributed by atoms with Crippen molar-refractivity contribution in [2.45, 2.75) is 27.2 Å². The van der Waals surface area contributed by atoms with Gasteiger partial charge in [0.25, 0.3) is 0 Å². The van der Waals surface area contributed by atoms with E-state index in [-0.39, 0.29) is 0 Å². The lowest BCUT2D eigenvalue weighted by Gasteiger charge is -2.26. The second kappa shape index (κ2) is 5.15. The normalized spacial score (nSPS) is 15.0. The van der Waals surface area contributed by atoms with Crippen LogP contribution >= 0.6 is 15.9 Å². The van der Waals surface area contributed by atoms with Crippen LogP contribution in [0.1, 0.15) is 27.2 Å². The van der Waals surface area contributed by atoms with Gasteiger partial charge in [0, 0.05) is 12.4 Å². The van der Waals surface area contributed by atoms with Crippen molar-refractivity contribution in [3.8, 4) is 0 Å². The van der Waals surface area contributed by atoms with E-state index in [1.165, 1.54) is 6.42 Å². The van der Waals surface area contributed by atoms with E-state index >= 15 is 0 Å². The summed E-state index contributed by atoms with van der Waals surface area (Å²) in [6.07, 6.45) is 1.21. The van der Waals surface area contributed by atoms with Crippen LogP contribution in [0.25, 0.3) is 0 Å². The van der Waals surface area contributed by atoms with Gasteiger partial charge in [-0.05, 0) is 17.8 Å². The molecule has 0 fully saturated rings. The molecule has 1 nitrogen and oxygen atoms in total. The van der Waals surface area contributed by atoms with Crippen molar-refractivity contribution in [3.63, 3.8) is 0 Å². The highest BCUT2D eigenvalue weighted by Crippen LogP contribution is 2.26. The molecule has 0 heterocycles. The molecule has 0 radical (unpaired) electrons. The van der Waals surface area contributed by atoms with E-state index in [0.29, 0.717) is 5.41 Å². The van der Waals surface area contributed by atoms with E-state index < -0.39 is 0 Å². The fraction of sp³-hybridized carbons (Fsp3) is 1.00. The van der Waals surface area contributed by atoms with Crippen molar-refractivity contribution < 1.29 is 4.74 Å². The summed E-state index contributed by atoms with van der Waals surface area (Å²) in [4.78, 5) is 0. The molecular weight excluding hydrogens is 204 g/mol. The molecule has 0 rings (SSSR count). The van der Waals surface area contributed by atoms with Gasteiger partial charge in [0.2, 0.25) is 0 Å². The molecule has 0 aliphatic carbocycles. The van der Waals surface area contributed by atoms with Crippen molar-refractivity contribution in [2.75, 3.05) is 19.0 Å². The maximum Gasteiger partial charge on any atom is 0.0513 e. The van der Waals surface area contributed by atoms with Gasteiger partial charge in [-0.3, -0.25) is 0 Å². The fourth-order valence-corrected chi connectivity index (χ4v) is 1.68. The molecule has 1 unspecified atom stereocenters. The van der Waals surface area contributed by atoms with Crippen LogP contribution in [0.15, 0.2) is 0 Å². The number of alkyl halides is 1. The Bertz CT molecular complexity index is 102. The van der Waals surface area contributed by atoms with E-state index in [1.54, 1.807) is 7.11 Å². The maximum absolute atomic E-state index is 5.14. The van der Waals surface area contributed by atoms with Crippen LogP contribution in [0.5, 0.6) is 0 Å². The van der Waals surface area contributed by atoms with E-state index in [1.807, 2.05) is 0 Å². The lowest BCUT2D eigenvalue weighted by molar-refractivity contribution is 0.0896. The van der Waals surface area contributed by atoms with Gasteiger partial charge in [-0.1, -0.05) is 36.7 Å². The SMILES string of the molecule is COCC(C)(C)CC(C)CBr. The molecule has 2 heteroatoms. The topological polar surface area (TPSA) is 9.23 Å². The predicted octanol–water partition coefficient (Wildman–Crippen LogP) is 3.08. The molecule has 68 valence electrons. The van der Waals surface area contributed by atoms with Gasteiger partial charge >= 0.3 is 0 Å². The lowest BCUT2D eigenvalue weighted by Crippen LogP contribution is -2.21. The minimum absolute atomic E-state index is 0.321. The Morgan fingerprint density at radius 1 is 1.45 bits per heavy atom. The molecule has 0 aromatic rings. The monoisotopic (exact) mass is 222 g/mol. The Balaban J connectivity index is 3.70. The molecule has 11 heavy (non-hydrogen) atoms. The van der Waals surface area contributed by atoms with Crippen LogP contribution in [0.2, 0.25) is 0 Å². The second-order valence-electron chi connectivity index (χ2n) is 4.06. The van der Waals surface area contributed by atoms with Crippen molar-refractivity contribution in [3.05, 3.63) is 0 Å². The number of methoxy groups -OCH3 is 1. The highest BCUT2D eigenvalue weighted by atomic mass is 79.9. The zero-order valence-electron chi connectivity index (χ0n) is 7.98. The summed E-state index contributed by atoms with van der Waals surface area (Å²) in [5, 5.41) is 1.08. The molecule has 0 saturated heterocycles. The smallest absolute Gasteiger partial charge is 0.0513 e. The summed E-state index contributed by atoms with van der Waals surface area (Å²) in [6, 6.07) is 0. The first-order chi connectivity index (χ1) is 5.02. The summed E-state index contributed by atoms with van der Waals surface area (Å²) < 4.78 is 5.14. The standard InChI is InChI=1S/C9H19BrO/c1-8(6-10)5-9(2,3)7-11-4/h8H,5-7H2,1-4H3. The Labute approximate surface area is 78.6 Å². The van der Waals surface area contributed by atoms with Crippen LogP contribution in [-0.2, 0) is 4.74 Å². The Morgan fingerprint density at radius 2 is 2.00 bits per heavy atom. The zero-order chi connectivity index (χ0) is 8.91. The molecule has 0 aliphatic heterocycles. The first kappa shape index (κ1) is 11.4. The van der Waals surface area contributed by atoms with Gasteiger partial charge in [0.1, 0.15) is 0 Å². The third-order valence-electron chi connectivity index (χ3n) is 1.70. The van der Waals surface area contributed by atoms with E-state index in [0.717, 1.165) is 17.9 Å². The highest BCUT2D eigenvalue weighted by molar-refractivity contribution is 9.09. The van der Waals surface area contributed by atoms with Gasteiger partial charge < -0.3 is 4.74 Å². The van der Waals surface area contributed by atoms with Crippen molar-refractivity contribution in [1.29, 1.82) is 0 Å². The number of rotatable bonds is 5. The van der Waals surface area contributed by atoms with Crippen LogP contribution in [0.4, 0.5) is 0 Å². The number of hydrogen-bond donors (Lipinski definition) is 0. The predicted molar refractivity (Wildman–Crippen MR) is 53.2 cm³/mol. The molecule has 0 aromatic heterocycles. The molecule has 0 aliphatic rings. The average Bonchev–Trinajstić information content (AvgIpc) is 1.86. The van der Waals surface area contributed by atoms with Gasteiger partial charge in [0.15, 0.2) is 0 Å². The molecule has 0 N–H and O–H groups in total. The van der Waals surface area contributed by atoms with Crippen molar-refractivity contribution in [2.24, 2.45) is 11.3 Å². The van der Waals surface area contributed by atoms with E-state index in [9.17, 15) is 0 Å². The quantitative estimate of drug-likeness (QED) is 0.651. The molecule has 0 aromatic carbocycles. The summed E-state index contributed by atoms with van der Waals surface area (Å²) in [6.45, 7) is 7.60. The van der Waals surface area contributed by atoms with Crippen molar-refractivity contribution in [1.82, 2.24) is 0 Å². The average molecular weight is 223 g/mol. The lowest BCUT2D eigenvalue weighted by atomic mass is 9.85. The third-order valence-corrected chi connectivity index (χ3v) is 2.80. The molecule has 0 bridgehead atoms. The zero-order valence-corrected chi connectivity index (χ0v) is 9.57. The number of hydrogen-bond acceptors (Lipinski definition) is 1. The second-order valence-corrected chi connectivity index (χ2v) is 4.71. The summed E-state index contributed by atoms with van der Waals surface area (Å²) >= 11 is 3.48. The van der Waals surface area contributed by atoms with Gasteiger partial charge in [-0.25, -0.2) is 0 Å². The van der Waals surface area contributed by atoms with Crippen LogP contribution < -0.4 is 0 Å². The largest absolute Gasteiger partial charge is 0.384 e. The molecule has 0 saturated carbocycles. The Morgan fingerprint density at radius 3 is 2.36 bits per heavy atom. The third kappa shape index (κ3) is 5.68. The Hall–Kier alpha value is 0.440. The van der Waals surface area contributed by atoms with Gasteiger partial charge in [-0.2, -0.15) is 0 Å². The van der Waals surface area contributed by atoms with E-state index in [2.05, 4.69) is 36.7 Å². The first-order valence-corrected chi connectivity index (χ1v) is 5.19. The maximum atomic E-state index is 5.14. The summed E-state index contributed by atoms with van der Waals surface area (Å²) in [5.41, 5.74) is 0.321. The van der Waals surface area contributed by atoms with Crippen LogP contribution in [-0.4, -0.2) is 19.0 Å². The molecular formula is C9H19BrO. The minimum atomic E-state index is 0.321. The van der Waals surface area contributed by atoms with Gasteiger partial charge in [-0.15, -0.1) is 0 Å². The van der Waals surface area contributed by atoms with Gasteiger partial charge in [0.05, 0.1) is 6.61 Å². The van der Waals surface area contributed by atoms with Crippen LogP contribution in [0, 0.1) is 11.3 Å². The van der Waals surface area contributed by atoms with E-state index in [4.69, 9.17) is 4.74 Å². The first-order valence-electron chi connectivity index (χ1n) is 4.07. The van der Waals surface area contributed by atoms with Crippen LogP contribution in [0.3, 0.4) is 0 Å². The number of ether oxygens (including phenoxy) is 1. The molecule has 1 atom stereocenters. The number of halogens is 1. The van der Waals surface area contributed by atoms with Crippen molar-refractivity contribution >= 4 is 15.9 Å². The fourth-order valence-electron chi connectivity index (χ4n) is 1.45. The minimum Gasteiger partial charge on any atom is -0.384 e. The molecule has 0 amide bonds. The molecule has 0 spiro atoms. The summed E-state index contributed by atoms with van der Waals surface area (Å²) in [7, 11) is 1.76. The summed E-state index contributed by atoms with van der Waals surface area (Å²) in [5.74, 6) is 0.736. The Kier molecular flexibility index (Phi) is 5.36. The highest BCUT2D eigenvalue weighted by Gasteiger charge is 2.20.